The number of esters is 1. The van der Waals surface area contributed by atoms with Crippen LogP contribution in [-0.2, 0) is 10.2 Å². The Morgan fingerprint density at radius 2 is 1.65 bits per heavy atom. The van der Waals surface area contributed by atoms with Crippen LogP contribution in [0.5, 0.6) is 0 Å². The predicted octanol–water partition coefficient (Wildman–Crippen LogP) is 4.71. The molecular weight excluding hydrogens is 346 g/mol. The Morgan fingerprint density at radius 3 is 2.15 bits per heavy atom. The summed E-state index contributed by atoms with van der Waals surface area (Å²) in [5.41, 5.74) is 1.94. The van der Waals surface area contributed by atoms with Crippen LogP contribution in [0.25, 0.3) is 0 Å². The number of carbonyl (C=O) groups excluding carboxylic acids is 2. The first kappa shape index (κ1) is 17.9. The monoisotopic (exact) mass is 373 g/mol. The maximum absolute atomic E-state index is 12.4. The first-order valence-corrected chi connectivity index (χ1v) is 10.3. The zero-order valence-corrected chi connectivity index (χ0v) is 16.6. The summed E-state index contributed by atoms with van der Waals surface area (Å²) in [6.45, 7) is 0. The van der Waals surface area contributed by atoms with Gasteiger partial charge in [0.2, 0.25) is 0 Å². The van der Waals surface area contributed by atoms with Crippen molar-refractivity contribution in [2.75, 3.05) is 21.2 Å². The molecule has 5 heteroatoms. The van der Waals surface area contributed by atoms with Gasteiger partial charge in [0.05, 0.1) is 12.7 Å². The molecule has 1 amide bonds. The lowest BCUT2D eigenvalue weighted by atomic mass is 9.48. The molecule has 4 aliphatic rings. The number of ether oxygens (including phenoxy) is 1. The third-order valence-electron chi connectivity index (χ3n) is 6.57. The molecule has 140 valence electrons. The van der Waals surface area contributed by atoms with Crippen molar-refractivity contribution in [1.82, 2.24) is 4.90 Å². The first-order valence-electron chi connectivity index (χ1n) is 9.52. The Hall–Kier alpha value is -1.49. The van der Waals surface area contributed by atoms with Gasteiger partial charge in [0.1, 0.15) is 0 Å². The highest BCUT2D eigenvalue weighted by molar-refractivity contribution is 8.13. The molecule has 0 aliphatic heterocycles. The molecule has 0 N–H and O–H groups in total. The summed E-state index contributed by atoms with van der Waals surface area (Å²) in [4.78, 5) is 27.1. The van der Waals surface area contributed by atoms with Crippen LogP contribution in [0.15, 0.2) is 23.1 Å². The molecule has 0 unspecified atom stereocenters. The van der Waals surface area contributed by atoms with Gasteiger partial charge in [0, 0.05) is 19.0 Å². The van der Waals surface area contributed by atoms with Crippen LogP contribution in [0.3, 0.4) is 0 Å². The van der Waals surface area contributed by atoms with Crippen molar-refractivity contribution in [3.63, 3.8) is 0 Å². The van der Waals surface area contributed by atoms with Gasteiger partial charge in [-0.3, -0.25) is 4.79 Å². The van der Waals surface area contributed by atoms with E-state index in [1.54, 1.807) is 25.1 Å². The van der Waals surface area contributed by atoms with E-state index in [9.17, 15) is 9.59 Å². The van der Waals surface area contributed by atoms with E-state index in [0.717, 1.165) is 22.6 Å². The molecule has 0 aromatic heterocycles. The third kappa shape index (κ3) is 3.04. The molecule has 1 aromatic carbocycles. The third-order valence-corrected chi connectivity index (χ3v) is 7.69. The van der Waals surface area contributed by atoms with Crippen LogP contribution in [0, 0.1) is 17.8 Å². The average molecular weight is 374 g/mol. The Morgan fingerprint density at radius 1 is 1.08 bits per heavy atom. The van der Waals surface area contributed by atoms with Gasteiger partial charge in [-0.15, -0.1) is 0 Å². The minimum absolute atomic E-state index is 0.0294. The van der Waals surface area contributed by atoms with Crippen LogP contribution >= 0.6 is 11.8 Å². The highest BCUT2D eigenvalue weighted by atomic mass is 32.2. The Labute approximate surface area is 159 Å². The van der Waals surface area contributed by atoms with Crippen molar-refractivity contribution in [1.29, 1.82) is 0 Å². The van der Waals surface area contributed by atoms with Crippen LogP contribution in [0.4, 0.5) is 4.79 Å². The largest absolute Gasteiger partial charge is 0.465 e. The number of rotatable bonds is 3. The van der Waals surface area contributed by atoms with E-state index in [1.807, 2.05) is 12.1 Å². The van der Waals surface area contributed by atoms with Crippen molar-refractivity contribution < 1.29 is 14.3 Å². The Bertz CT molecular complexity index is 707. The first-order chi connectivity index (χ1) is 12.4. The molecule has 5 rings (SSSR count). The minimum Gasteiger partial charge on any atom is -0.465 e. The highest BCUT2D eigenvalue weighted by Gasteiger charge is 2.52. The molecule has 0 heterocycles. The number of benzene rings is 1. The topological polar surface area (TPSA) is 46.6 Å². The summed E-state index contributed by atoms with van der Waals surface area (Å²) in [6, 6.07) is 5.76. The molecular formula is C21H27NO3S. The summed E-state index contributed by atoms with van der Waals surface area (Å²) >= 11 is 1.29. The van der Waals surface area contributed by atoms with E-state index in [1.165, 1.54) is 63.0 Å². The molecule has 0 spiro atoms. The van der Waals surface area contributed by atoms with Crippen LogP contribution in [-0.4, -0.2) is 37.3 Å². The zero-order chi connectivity index (χ0) is 18.5. The lowest BCUT2D eigenvalue weighted by molar-refractivity contribution is -0.00642. The van der Waals surface area contributed by atoms with E-state index < -0.39 is 0 Å². The molecule has 0 saturated heterocycles. The van der Waals surface area contributed by atoms with Gasteiger partial charge in [-0.05, 0) is 97.2 Å². The van der Waals surface area contributed by atoms with Crippen LogP contribution in [0.1, 0.15) is 54.4 Å². The van der Waals surface area contributed by atoms with Gasteiger partial charge in [0.25, 0.3) is 5.24 Å². The predicted molar refractivity (Wildman–Crippen MR) is 103 cm³/mol. The second-order valence-electron chi connectivity index (χ2n) is 8.66. The van der Waals surface area contributed by atoms with E-state index in [0.29, 0.717) is 5.56 Å². The number of hydrogen-bond acceptors (Lipinski definition) is 4. The SMILES string of the molecule is COC(=O)c1ccc(SC(=O)N(C)C)c(C23CC4CC(CC(C4)C2)C3)c1. The maximum Gasteiger partial charge on any atom is 0.337 e. The van der Waals surface area contributed by atoms with Crippen LogP contribution in [0.2, 0.25) is 0 Å². The Kier molecular flexibility index (Phi) is 4.54. The fourth-order valence-corrected chi connectivity index (χ4v) is 6.80. The molecule has 4 bridgehead atoms. The van der Waals surface area contributed by atoms with Gasteiger partial charge < -0.3 is 9.64 Å². The van der Waals surface area contributed by atoms with Gasteiger partial charge in [0.15, 0.2) is 0 Å². The summed E-state index contributed by atoms with van der Waals surface area (Å²) < 4.78 is 4.95. The fraction of sp³-hybridized carbons (Fsp3) is 0.619. The second kappa shape index (κ2) is 6.59. The smallest absolute Gasteiger partial charge is 0.337 e. The number of amides is 1. The highest BCUT2D eigenvalue weighted by Crippen LogP contribution is 2.61. The molecule has 4 nitrogen and oxygen atoms in total. The van der Waals surface area contributed by atoms with Gasteiger partial charge in [-0.2, -0.15) is 0 Å². The molecule has 26 heavy (non-hydrogen) atoms. The summed E-state index contributed by atoms with van der Waals surface area (Å²) in [5.74, 6) is 2.13. The number of hydrogen-bond donors (Lipinski definition) is 0. The molecule has 4 fully saturated rings. The summed E-state index contributed by atoms with van der Waals surface area (Å²) in [5, 5.41) is 0.0294. The van der Waals surface area contributed by atoms with Crippen molar-refractivity contribution in [2.24, 2.45) is 17.8 Å². The standard InChI is InChI=1S/C21H27NO3S/c1-22(2)20(24)26-18-5-4-16(19(23)25-3)9-17(18)21-10-13-6-14(11-21)8-15(7-13)12-21/h4-5,9,13-15H,6-8,10-12H2,1-3H3. The van der Waals surface area contributed by atoms with Crippen molar-refractivity contribution in [3.8, 4) is 0 Å². The molecule has 1 aromatic rings. The van der Waals surface area contributed by atoms with E-state index in [2.05, 4.69) is 0 Å². The fourth-order valence-electron chi connectivity index (χ4n) is 5.90. The molecule has 4 aliphatic carbocycles. The number of nitrogens with zero attached hydrogens (tertiary/aromatic N) is 1. The number of carbonyl (C=O) groups is 2. The maximum atomic E-state index is 12.4. The lowest BCUT2D eigenvalue weighted by Crippen LogP contribution is -2.48. The van der Waals surface area contributed by atoms with E-state index >= 15 is 0 Å². The number of methoxy groups -OCH3 is 1. The minimum atomic E-state index is -0.300. The van der Waals surface area contributed by atoms with Crippen LogP contribution < -0.4 is 0 Å². The lowest BCUT2D eigenvalue weighted by Gasteiger charge is -2.57. The van der Waals surface area contributed by atoms with Gasteiger partial charge >= 0.3 is 5.97 Å². The summed E-state index contributed by atoms with van der Waals surface area (Å²) in [7, 11) is 4.98. The molecule has 0 radical (unpaired) electrons. The summed E-state index contributed by atoms with van der Waals surface area (Å²) in [6.07, 6.45) is 7.72. The van der Waals surface area contributed by atoms with Gasteiger partial charge in [-0.25, -0.2) is 4.79 Å². The van der Waals surface area contributed by atoms with E-state index in [-0.39, 0.29) is 16.6 Å². The Balaban J connectivity index is 1.77. The normalized spacial score (nSPS) is 31.7. The molecule has 4 saturated carbocycles. The van der Waals surface area contributed by atoms with Crippen molar-refractivity contribution in [3.05, 3.63) is 29.3 Å². The zero-order valence-electron chi connectivity index (χ0n) is 15.8. The quantitative estimate of drug-likeness (QED) is 0.568. The average Bonchev–Trinajstić information content (AvgIpc) is 2.60. The molecule has 0 atom stereocenters. The van der Waals surface area contributed by atoms with Crippen molar-refractivity contribution in [2.45, 2.75) is 48.8 Å². The van der Waals surface area contributed by atoms with E-state index in [4.69, 9.17) is 4.74 Å². The number of thioether (sulfide) groups is 1. The second-order valence-corrected chi connectivity index (χ2v) is 9.66. The van der Waals surface area contributed by atoms with Crippen molar-refractivity contribution >= 4 is 23.0 Å². The van der Waals surface area contributed by atoms with Gasteiger partial charge in [-0.1, -0.05) is 0 Å².